The van der Waals surface area contributed by atoms with E-state index in [0.717, 1.165) is 83.4 Å². The Hall–Kier alpha value is -1.73. The van der Waals surface area contributed by atoms with Crippen molar-refractivity contribution in [2.75, 3.05) is 63.9 Å². The Balaban J connectivity index is 1.35. The lowest BCUT2D eigenvalue weighted by Gasteiger charge is -2.33. The van der Waals surface area contributed by atoms with Gasteiger partial charge in [-0.1, -0.05) is 0 Å². The summed E-state index contributed by atoms with van der Waals surface area (Å²) in [5, 5.41) is 0. The molecule has 0 bridgehead atoms. The lowest BCUT2D eigenvalue weighted by molar-refractivity contribution is -0.132. The number of amides is 1. The first-order chi connectivity index (χ1) is 13.3. The predicted octanol–water partition coefficient (Wildman–Crippen LogP) is 1.51. The summed E-state index contributed by atoms with van der Waals surface area (Å²) in [7, 11) is 0. The van der Waals surface area contributed by atoms with Crippen LogP contribution in [0.1, 0.15) is 43.7 Å². The highest BCUT2D eigenvalue weighted by Crippen LogP contribution is 2.27. The molecule has 148 valence electrons. The molecule has 0 spiro atoms. The van der Waals surface area contributed by atoms with Crippen molar-refractivity contribution in [2.24, 2.45) is 0 Å². The van der Waals surface area contributed by atoms with Crippen LogP contribution in [-0.4, -0.2) is 84.7 Å². The molecule has 1 aromatic heterocycles. The molecule has 1 unspecified atom stereocenters. The molecule has 0 aliphatic carbocycles. The maximum atomic E-state index is 12.7. The van der Waals surface area contributed by atoms with E-state index >= 15 is 0 Å². The number of likely N-dealkylation sites (tertiary alicyclic amines) is 2. The zero-order valence-electron chi connectivity index (χ0n) is 16.2. The van der Waals surface area contributed by atoms with E-state index in [4.69, 9.17) is 4.74 Å². The van der Waals surface area contributed by atoms with E-state index in [1.807, 2.05) is 0 Å². The average molecular weight is 374 g/mol. The molecule has 0 radical (unpaired) electrons. The Morgan fingerprint density at radius 3 is 2.70 bits per heavy atom. The van der Waals surface area contributed by atoms with E-state index in [2.05, 4.69) is 30.7 Å². The summed E-state index contributed by atoms with van der Waals surface area (Å²) in [6.45, 7) is 8.15. The van der Waals surface area contributed by atoms with Crippen LogP contribution in [0.4, 0.5) is 5.82 Å². The number of piperidine rings is 1. The molecule has 3 fully saturated rings. The lowest BCUT2D eigenvalue weighted by Crippen LogP contribution is -2.40. The van der Waals surface area contributed by atoms with Crippen LogP contribution >= 0.6 is 0 Å². The Labute approximate surface area is 161 Å². The number of rotatable bonds is 5. The number of anilines is 1. The molecule has 4 heterocycles. The Bertz CT molecular complexity index is 629. The summed E-state index contributed by atoms with van der Waals surface area (Å²) in [6.07, 6.45) is 7.02. The second-order valence-corrected chi connectivity index (χ2v) is 7.88. The van der Waals surface area contributed by atoms with Crippen molar-refractivity contribution in [1.29, 1.82) is 0 Å². The highest BCUT2D eigenvalue weighted by Gasteiger charge is 2.27. The molecule has 0 aromatic carbocycles. The highest BCUT2D eigenvalue weighted by molar-refractivity contribution is 5.76. The fraction of sp³-hybridized carbons (Fsp3) is 0.750. The van der Waals surface area contributed by atoms with Gasteiger partial charge in [0.15, 0.2) is 0 Å². The molecule has 3 saturated heterocycles. The van der Waals surface area contributed by atoms with Gasteiger partial charge < -0.3 is 19.4 Å². The summed E-state index contributed by atoms with van der Waals surface area (Å²) < 4.78 is 5.44. The SMILES string of the molecule is O=C(CCN1CCCC1)N1CCCC(c2cc(N3CCOCC3)ncn2)C1. The van der Waals surface area contributed by atoms with Gasteiger partial charge in [-0.05, 0) is 38.8 Å². The van der Waals surface area contributed by atoms with Crippen molar-refractivity contribution in [2.45, 2.75) is 38.0 Å². The number of carbonyl (C=O) groups excluding carboxylic acids is 1. The topological polar surface area (TPSA) is 61.8 Å². The van der Waals surface area contributed by atoms with Gasteiger partial charge in [-0.25, -0.2) is 9.97 Å². The lowest BCUT2D eigenvalue weighted by atomic mass is 9.94. The standard InChI is InChI=1S/C20H31N5O2/c26-20(5-9-23-6-1-2-7-23)25-8-3-4-17(15-25)18-14-19(22-16-21-18)24-10-12-27-13-11-24/h14,16-17H,1-13,15H2. The molecule has 7 nitrogen and oxygen atoms in total. The summed E-state index contributed by atoms with van der Waals surface area (Å²) in [6, 6.07) is 2.12. The molecular formula is C20H31N5O2. The first-order valence-corrected chi connectivity index (χ1v) is 10.4. The number of carbonyl (C=O) groups is 1. The van der Waals surface area contributed by atoms with Crippen LogP contribution in [0.3, 0.4) is 0 Å². The fourth-order valence-electron chi connectivity index (χ4n) is 4.41. The molecule has 4 rings (SSSR count). The van der Waals surface area contributed by atoms with Crippen molar-refractivity contribution < 1.29 is 9.53 Å². The van der Waals surface area contributed by atoms with E-state index in [9.17, 15) is 4.79 Å². The minimum atomic E-state index is 0.300. The first kappa shape index (κ1) is 18.6. The molecule has 1 amide bonds. The van der Waals surface area contributed by atoms with E-state index in [1.54, 1.807) is 6.33 Å². The third-order valence-electron chi connectivity index (χ3n) is 6.04. The van der Waals surface area contributed by atoms with Crippen LogP contribution < -0.4 is 4.90 Å². The van der Waals surface area contributed by atoms with Crippen molar-refractivity contribution in [3.8, 4) is 0 Å². The van der Waals surface area contributed by atoms with Crippen LogP contribution in [0.15, 0.2) is 12.4 Å². The third-order valence-corrected chi connectivity index (χ3v) is 6.04. The molecule has 0 N–H and O–H groups in total. The number of aromatic nitrogens is 2. The zero-order valence-corrected chi connectivity index (χ0v) is 16.2. The Morgan fingerprint density at radius 1 is 1.07 bits per heavy atom. The monoisotopic (exact) mass is 373 g/mol. The fourth-order valence-corrected chi connectivity index (χ4v) is 4.41. The molecule has 1 aromatic rings. The van der Waals surface area contributed by atoms with E-state index < -0.39 is 0 Å². The normalized spacial score (nSPS) is 24.4. The summed E-state index contributed by atoms with van der Waals surface area (Å²) in [5.74, 6) is 1.60. The molecule has 27 heavy (non-hydrogen) atoms. The average Bonchev–Trinajstić information content (AvgIpc) is 3.26. The number of hydrogen-bond acceptors (Lipinski definition) is 6. The largest absolute Gasteiger partial charge is 0.378 e. The summed E-state index contributed by atoms with van der Waals surface area (Å²) in [5.41, 5.74) is 1.07. The first-order valence-electron chi connectivity index (χ1n) is 10.4. The van der Waals surface area contributed by atoms with E-state index in [1.165, 1.54) is 12.8 Å². The Kier molecular flexibility index (Phi) is 6.19. The second kappa shape index (κ2) is 8.97. The second-order valence-electron chi connectivity index (χ2n) is 7.88. The van der Waals surface area contributed by atoms with Crippen LogP contribution in [-0.2, 0) is 9.53 Å². The molecule has 7 heteroatoms. The van der Waals surface area contributed by atoms with Crippen molar-refractivity contribution in [1.82, 2.24) is 19.8 Å². The maximum Gasteiger partial charge on any atom is 0.223 e. The van der Waals surface area contributed by atoms with Crippen LogP contribution in [0.2, 0.25) is 0 Å². The smallest absolute Gasteiger partial charge is 0.223 e. The van der Waals surface area contributed by atoms with Gasteiger partial charge >= 0.3 is 0 Å². The number of morpholine rings is 1. The maximum absolute atomic E-state index is 12.7. The van der Waals surface area contributed by atoms with Gasteiger partial charge in [0.2, 0.25) is 5.91 Å². The van der Waals surface area contributed by atoms with Gasteiger partial charge in [0, 0.05) is 51.1 Å². The minimum absolute atomic E-state index is 0.300. The molecule has 3 aliphatic rings. The van der Waals surface area contributed by atoms with Crippen LogP contribution in [0.25, 0.3) is 0 Å². The molecule has 0 saturated carbocycles. The highest BCUT2D eigenvalue weighted by atomic mass is 16.5. The summed E-state index contributed by atoms with van der Waals surface area (Å²) in [4.78, 5) is 28.4. The summed E-state index contributed by atoms with van der Waals surface area (Å²) >= 11 is 0. The predicted molar refractivity (Wildman–Crippen MR) is 104 cm³/mol. The Morgan fingerprint density at radius 2 is 1.89 bits per heavy atom. The van der Waals surface area contributed by atoms with Gasteiger partial charge in [0.1, 0.15) is 12.1 Å². The van der Waals surface area contributed by atoms with Crippen molar-refractivity contribution in [3.63, 3.8) is 0 Å². The van der Waals surface area contributed by atoms with Gasteiger partial charge in [0.05, 0.1) is 18.9 Å². The quantitative estimate of drug-likeness (QED) is 0.780. The number of nitrogens with zero attached hydrogens (tertiary/aromatic N) is 5. The van der Waals surface area contributed by atoms with Crippen LogP contribution in [0.5, 0.6) is 0 Å². The van der Waals surface area contributed by atoms with Gasteiger partial charge in [0.25, 0.3) is 0 Å². The van der Waals surface area contributed by atoms with Gasteiger partial charge in [-0.3, -0.25) is 4.79 Å². The molecular weight excluding hydrogens is 342 g/mol. The van der Waals surface area contributed by atoms with Crippen molar-refractivity contribution in [3.05, 3.63) is 18.1 Å². The zero-order chi connectivity index (χ0) is 18.5. The molecule has 1 atom stereocenters. The minimum Gasteiger partial charge on any atom is -0.378 e. The van der Waals surface area contributed by atoms with E-state index in [-0.39, 0.29) is 0 Å². The van der Waals surface area contributed by atoms with Crippen molar-refractivity contribution >= 4 is 11.7 Å². The third kappa shape index (κ3) is 4.76. The number of hydrogen-bond donors (Lipinski definition) is 0. The number of ether oxygens (including phenoxy) is 1. The molecule has 3 aliphatic heterocycles. The van der Waals surface area contributed by atoms with Gasteiger partial charge in [-0.2, -0.15) is 0 Å². The van der Waals surface area contributed by atoms with Crippen LogP contribution in [0, 0.1) is 0 Å². The van der Waals surface area contributed by atoms with Gasteiger partial charge in [-0.15, -0.1) is 0 Å². The van der Waals surface area contributed by atoms with E-state index in [0.29, 0.717) is 18.2 Å².